The summed E-state index contributed by atoms with van der Waals surface area (Å²) in [5, 5.41) is 15.0. The predicted octanol–water partition coefficient (Wildman–Crippen LogP) is 3.46. The number of nitrogens with zero attached hydrogens (tertiary/aromatic N) is 1. The number of rotatable bonds is 6. The van der Waals surface area contributed by atoms with Gasteiger partial charge < -0.3 is 15.7 Å². The minimum atomic E-state index is -1.06. The van der Waals surface area contributed by atoms with Crippen molar-refractivity contribution in [1.82, 2.24) is 10.2 Å². The molecular weight excluding hydrogens is 382 g/mol. The third-order valence-electron chi connectivity index (χ3n) is 5.63. The highest BCUT2D eigenvalue weighted by molar-refractivity contribution is 5.97. The highest BCUT2D eigenvalue weighted by atomic mass is 16.4. The van der Waals surface area contributed by atoms with E-state index in [9.17, 15) is 19.5 Å². The Labute approximate surface area is 175 Å². The van der Waals surface area contributed by atoms with E-state index in [0.717, 1.165) is 29.5 Å². The summed E-state index contributed by atoms with van der Waals surface area (Å²) in [5.41, 5.74) is 3.61. The fourth-order valence-electron chi connectivity index (χ4n) is 3.76. The number of carbonyl (C=O) groups excluding carboxylic acids is 2. The van der Waals surface area contributed by atoms with Crippen LogP contribution in [0.15, 0.2) is 48.5 Å². The molecule has 3 amide bonds. The van der Waals surface area contributed by atoms with Crippen molar-refractivity contribution < 1.29 is 19.5 Å². The Hall–Kier alpha value is -3.35. The molecule has 2 fully saturated rings. The van der Waals surface area contributed by atoms with E-state index in [4.69, 9.17) is 0 Å². The lowest BCUT2D eigenvalue weighted by molar-refractivity contribution is -0.122. The van der Waals surface area contributed by atoms with E-state index >= 15 is 0 Å². The van der Waals surface area contributed by atoms with Crippen LogP contribution < -0.4 is 10.6 Å². The Bertz CT molecular complexity index is 953. The molecule has 156 valence electrons. The van der Waals surface area contributed by atoms with Gasteiger partial charge in [-0.25, -0.2) is 4.79 Å². The van der Waals surface area contributed by atoms with Crippen molar-refractivity contribution in [2.24, 2.45) is 5.92 Å². The zero-order valence-electron chi connectivity index (χ0n) is 16.6. The number of carbonyl (C=O) groups is 3. The number of anilines is 1. The minimum Gasteiger partial charge on any atom is -0.465 e. The molecule has 2 aromatic rings. The molecule has 7 nitrogen and oxygen atoms in total. The molecule has 1 saturated heterocycles. The van der Waals surface area contributed by atoms with E-state index < -0.39 is 12.1 Å². The first-order valence-electron chi connectivity index (χ1n) is 10.3. The standard InChI is InChI=1S/C23H25N3O4/c27-21(17-10-11-17)24-14-15-6-8-16(9-7-15)18-3-1-4-19(13-18)25-22(28)20-5-2-12-26(20)23(29)30/h1,3-4,6-9,13,17,20H,2,5,10-12,14H2,(H,24,27)(H,25,28)(H,29,30). The first-order chi connectivity index (χ1) is 14.5. The van der Waals surface area contributed by atoms with E-state index in [0.29, 0.717) is 31.6 Å². The zero-order valence-corrected chi connectivity index (χ0v) is 16.6. The van der Waals surface area contributed by atoms with Gasteiger partial charge in [-0.3, -0.25) is 14.5 Å². The highest BCUT2D eigenvalue weighted by Gasteiger charge is 2.34. The molecule has 0 radical (unpaired) electrons. The smallest absolute Gasteiger partial charge is 0.407 e. The van der Waals surface area contributed by atoms with Crippen LogP contribution in [0.25, 0.3) is 11.1 Å². The molecule has 0 spiro atoms. The van der Waals surface area contributed by atoms with Crippen molar-refractivity contribution in [2.75, 3.05) is 11.9 Å². The number of nitrogens with one attached hydrogen (secondary N) is 2. The molecule has 1 saturated carbocycles. The molecule has 0 aromatic heterocycles. The molecular formula is C23H25N3O4. The Morgan fingerprint density at radius 3 is 2.43 bits per heavy atom. The third kappa shape index (κ3) is 4.62. The number of carboxylic acid groups (broad SMARTS) is 1. The summed E-state index contributed by atoms with van der Waals surface area (Å²) in [7, 11) is 0. The molecule has 0 bridgehead atoms. The Morgan fingerprint density at radius 2 is 1.73 bits per heavy atom. The van der Waals surface area contributed by atoms with E-state index in [1.807, 2.05) is 42.5 Å². The van der Waals surface area contributed by atoms with Gasteiger partial charge in [0.2, 0.25) is 11.8 Å². The summed E-state index contributed by atoms with van der Waals surface area (Å²) >= 11 is 0. The van der Waals surface area contributed by atoms with E-state index in [-0.39, 0.29) is 17.7 Å². The average molecular weight is 407 g/mol. The molecule has 1 aliphatic heterocycles. The maximum atomic E-state index is 12.6. The molecule has 30 heavy (non-hydrogen) atoms. The van der Waals surface area contributed by atoms with E-state index in [1.54, 1.807) is 6.07 Å². The summed E-state index contributed by atoms with van der Waals surface area (Å²) in [6.07, 6.45) is 2.16. The summed E-state index contributed by atoms with van der Waals surface area (Å²) in [5.74, 6) is 0.0362. The summed E-state index contributed by atoms with van der Waals surface area (Å²) in [6, 6.07) is 14.8. The lowest BCUT2D eigenvalue weighted by Gasteiger charge is -2.20. The molecule has 1 aliphatic carbocycles. The van der Waals surface area contributed by atoms with Gasteiger partial charge in [-0.05, 0) is 54.5 Å². The van der Waals surface area contributed by atoms with Crippen molar-refractivity contribution in [3.63, 3.8) is 0 Å². The van der Waals surface area contributed by atoms with E-state index in [2.05, 4.69) is 10.6 Å². The van der Waals surface area contributed by atoms with Crippen LogP contribution in [-0.4, -0.2) is 40.5 Å². The van der Waals surface area contributed by atoms with Crippen LogP contribution in [0.3, 0.4) is 0 Å². The number of benzene rings is 2. The first kappa shape index (κ1) is 19.9. The number of amides is 3. The SMILES string of the molecule is O=C(NCc1ccc(-c2cccc(NC(=O)C3CCCN3C(=O)O)c2)cc1)C1CC1. The maximum absolute atomic E-state index is 12.6. The predicted molar refractivity (Wildman–Crippen MR) is 113 cm³/mol. The fourth-order valence-corrected chi connectivity index (χ4v) is 3.76. The van der Waals surface area contributed by atoms with Gasteiger partial charge >= 0.3 is 6.09 Å². The van der Waals surface area contributed by atoms with Gasteiger partial charge in [0.15, 0.2) is 0 Å². The summed E-state index contributed by atoms with van der Waals surface area (Å²) in [4.78, 5) is 36.8. The Kier molecular flexibility index (Phi) is 5.70. The molecule has 1 heterocycles. The van der Waals surface area contributed by atoms with Crippen molar-refractivity contribution in [3.8, 4) is 11.1 Å². The largest absolute Gasteiger partial charge is 0.465 e. The second-order valence-electron chi connectivity index (χ2n) is 7.89. The molecule has 1 unspecified atom stereocenters. The zero-order chi connectivity index (χ0) is 21.1. The second kappa shape index (κ2) is 8.57. The second-order valence-corrected chi connectivity index (χ2v) is 7.89. The Morgan fingerprint density at radius 1 is 0.967 bits per heavy atom. The van der Waals surface area contributed by atoms with Crippen molar-refractivity contribution >= 4 is 23.6 Å². The molecule has 2 aromatic carbocycles. The van der Waals surface area contributed by atoms with Crippen LogP contribution in [0.2, 0.25) is 0 Å². The topological polar surface area (TPSA) is 98.7 Å². The molecule has 3 N–H and O–H groups in total. The molecule has 1 atom stereocenters. The fraction of sp³-hybridized carbons (Fsp3) is 0.348. The summed E-state index contributed by atoms with van der Waals surface area (Å²) < 4.78 is 0. The van der Waals surface area contributed by atoms with Gasteiger partial charge in [0.05, 0.1) is 0 Å². The van der Waals surface area contributed by atoms with Crippen molar-refractivity contribution in [2.45, 2.75) is 38.3 Å². The lowest BCUT2D eigenvalue weighted by atomic mass is 10.0. The van der Waals surface area contributed by atoms with Gasteiger partial charge in [-0.2, -0.15) is 0 Å². The molecule has 4 rings (SSSR count). The van der Waals surface area contributed by atoms with E-state index in [1.165, 1.54) is 4.90 Å². The first-order valence-corrected chi connectivity index (χ1v) is 10.3. The normalized spacial score (nSPS) is 18.1. The number of hydrogen-bond acceptors (Lipinski definition) is 3. The summed E-state index contributed by atoms with van der Waals surface area (Å²) in [6.45, 7) is 0.911. The minimum absolute atomic E-state index is 0.131. The average Bonchev–Trinajstić information content (AvgIpc) is 3.48. The third-order valence-corrected chi connectivity index (χ3v) is 5.63. The quantitative estimate of drug-likeness (QED) is 0.683. The van der Waals surface area contributed by atoms with Gasteiger partial charge in [0, 0.05) is 24.7 Å². The van der Waals surface area contributed by atoms with Gasteiger partial charge in [-0.1, -0.05) is 36.4 Å². The van der Waals surface area contributed by atoms with Crippen LogP contribution in [0.4, 0.5) is 10.5 Å². The maximum Gasteiger partial charge on any atom is 0.407 e. The van der Waals surface area contributed by atoms with Crippen molar-refractivity contribution in [3.05, 3.63) is 54.1 Å². The highest BCUT2D eigenvalue weighted by Crippen LogP contribution is 2.29. The Balaban J connectivity index is 1.39. The van der Waals surface area contributed by atoms with Gasteiger partial charge in [0.1, 0.15) is 6.04 Å². The molecule has 2 aliphatic rings. The molecule has 7 heteroatoms. The van der Waals surface area contributed by atoms with Crippen LogP contribution in [0.5, 0.6) is 0 Å². The van der Waals surface area contributed by atoms with Crippen molar-refractivity contribution in [1.29, 1.82) is 0 Å². The van der Waals surface area contributed by atoms with Crippen LogP contribution in [-0.2, 0) is 16.1 Å². The van der Waals surface area contributed by atoms with Crippen LogP contribution in [0, 0.1) is 5.92 Å². The van der Waals surface area contributed by atoms with Crippen LogP contribution in [0.1, 0.15) is 31.2 Å². The van der Waals surface area contributed by atoms with Gasteiger partial charge in [0.25, 0.3) is 0 Å². The number of likely N-dealkylation sites (tertiary alicyclic amines) is 1. The van der Waals surface area contributed by atoms with Crippen LogP contribution >= 0.6 is 0 Å². The lowest BCUT2D eigenvalue weighted by Crippen LogP contribution is -2.42. The number of hydrogen-bond donors (Lipinski definition) is 3. The van der Waals surface area contributed by atoms with Gasteiger partial charge in [-0.15, -0.1) is 0 Å². The monoisotopic (exact) mass is 407 g/mol.